The van der Waals surface area contributed by atoms with Crippen LogP contribution in [0.5, 0.6) is 11.5 Å². The molecule has 2 aromatic carbocycles. The standard InChI is InChI=1S/C29H35ClO6/c1-20-9-6-7-13-28(20)36-29(34)14-5-3-2-4-12-24-25(27(33)18-26(24)32)16-15-22(31)19-35-23-11-8-10-21(30)17-23/h2,4,6-11,13,15-17,22,24-27,31-33H,3,5,12,14,18-19H2,1H3/b4-2-,16-15+/t22-,24-,25-,26+,27-/m1/s1. The molecule has 3 N–H and O–H groups in total. The SMILES string of the molecule is Cc1ccccc1OC(=O)CCC/C=C\C[C@@H]1[C@@H](/C=C/[C@@H](O)COc2cccc(Cl)c2)[C@H](O)C[C@@H]1O. The molecule has 0 heterocycles. The molecule has 0 bridgehead atoms. The van der Waals surface area contributed by atoms with E-state index in [0.29, 0.717) is 48.6 Å². The average Bonchev–Trinajstić information content (AvgIpc) is 3.12. The zero-order valence-corrected chi connectivity index (χ0v) is 21.3. The van der Waals surface area contributed by atoms with E-state index < -0.39 is 18.3 Å². The molecule has 0 saturated heterocycles. The summed E-state index contributed by atoms with van der Waals surface area (Å²) in [5.41, 5.74) is 0.924. The third kappa shape index (κ3) is 8.79. The lowest BCUT2D eigenvalue weighted by atomic mass is 9.89. The number of carbonyl (C=O) groups is 1. The largest absolute Gasteiger partial charge is 0.491 e. The lowest BCUT2D eigenvalue weighted by Gasteiger charge is -2.19. The van der Waals surface area contributed by atoms with Crippen LogP contribution in [0.25, 0.3) is 0 Å². The van der Waals surface area contributed by atoms with Crippen LogP contribution in [0, 0.1) is 18.8 Å². The molecule has 1 fully saturated rings. The van der Waals surface area contributed by atoms with Gasteiger partial charge >= 0.3 is 5.97 Å². The number of rotatable bonds is 12. The molecule has 3 rings (SSSR count). The van der Waals surface area contributed by atoms with E-state index in [2.05, 4.69) is 0 Å². The second kappa shape index (κ2) is 14.2. The molecule has 1 aliphatic carbocycles. The van der Waals surface area contributed by atoms with E-state index >= 15 is 0 Å². The summed E-state index contributed by atoms with van der Waals surface area (Å²) in [4.78, 5) is 12.0. The van der Waals surface area contributed by atoms with Gasteiger partial charge in [-0.25, -0.2) is 0 Å². The Morgan fingerprint density at radius 3 is 2.72 bits per heavy atom. The van der Waals surface area contributed by atoms with Gasteiger partial charge in [0.15, 0.2) is 0 Å². The number of ether oxygens (including phenoxy) is 2. The highest BCUT2D eigenvalue weighted by Crippen LogP contribution is 2.36. The maximum Gasteiger partial charge on any atom is 0.311 e. The Bertz CT molecular complexity index is 1040. The first kappa shape index (κ1) is 27.9. The number of unbranched alkanes of at least 4 members (excludes halogenated alkanes) is 1. The van der Waals surface area contributed by atoms with Crippen molar-refractivity contribution < 1.29 is 29.6 Å². The third-order valence-corrected chi connectivity index (χ3v) is 6.57. The third-order valence-electron chi connectivity index (χ3n) is 6.33. The van der Waals surface area contributed by atoms with Gasteiger partial charge in [0.25, 0.3) is 0 Å². The Balaban J connectivity index is 1.40. The number of hydrogen-bond acceptors (Lipinski definition) is 6. The van der Waals surface area contributed by atoms with Crippen LogP contribution in [0.15, 0.2) is 72.8 Å². The van der Waals surface area contributed by atoms with Crippen LogP contribution >= 0.6 is 11.6 Å². The summed E-state index contributed by atoms with van der Waals surface area (Å²) in [6, 6.07) is 14.4. The summed E-state index contributed by atoms with van der Waals surface area (Å²) in [6.45, 7) is 1.96. The molecule has 36 heavy (non-hydrogen) atoms. The molecule has 1 saturated carbocycles. The van der Waals surface area contributed by atoms with Gasteiger partial charge in [0, 0.05) is 23.8 Å². The van der Waals surface area contributed by atoms with Crippen LogP contribution in [0.3, 0.4) is 0 Å². The van der Waals surface area contributed by atoms with Gasteiger partial charge in [0.2, 0.25) is 0 Å². The average molecular weight is 515 g/mol. The van der Waals surface area contributed by atoms with Gasteiger partial charge in [-0.15, -0.1) is 0 Å². The monoisotopic (exact) mass is 514 g/mol. The van der Waals surface area contributed by atoms with Gasteiger partial charge in [0.1, 0.15) is 24.2 Å². The molecular weight excluding hydrogens is 480 g/mol. The molecule has 0 aliphatic heterocycles. The van der Waals surface area contributed by atoms with Gasteiger partial charge in [-0.1, -0.05) is 60.2 Å². The van der Waals surface area contributed by atoms with Gasteiger partial charge in [-0.05, 0) is 61.9 Å². The molecule has 2 aromatic rings. The van der Waals surface area contributed by atoms with E-state index in [-0.39, 0.29) is 24.4 Å². The van der Waals surface area contributed by atoms with E-state index in [1.165, 1.54) is 0 Å². The van der Waals surface area contributed by atoms with Crippen molar-refractivity contribution in [1.82, 2.24) is 0 Å². The zero-order chi connectivity index (χ0) is 25.9. The molecular formula is C29H35ClO6. The maximum atomic E-state index is 12.0. The van der Waals surface area contributed by atoms with Crippen LogP contribution < -0.4 is 9.47 Å². The van der Waals surface area contributed by atoms with Crippen molar-refractivity contribution in [3.63, 3.8) is 0 Å². The summed E-state index contributed by atoms with van der Waals surface area (Å²) in [5.74, 6) is 0.481. The number of allylic oxidation sites excluding steroid dienone is 2. The van der Waals surface area contributed by atoms with Crippen LogP contribution in [-0.4, -0.2) is 46.2 Å². The van der Waals surface area contributed by atoms with Crippen LogP contribution in [0.4, 0.5) is 0 Å². The highest BCUT2D eigenvalue weighted by Gasteiger charge is 2.39. The van der Waals surface area contributed by atoms with Crippen molar-refractivity contribution in [3.8, 4) is 11.5 Å². The number of aliphatic hydroxyl groups is 3. The molecule has 194 valence electrons. The lowest BCUT2D eigenvalue weighted by Crippen LogP contribution is -2.21. The van der Waals surface area contributed by atoms with E-state index in [1.54, 1.807) is 42.5 Å². The molecule has 0 amide bonds. The zero-order valence-electron chi connectivity index (χ0n) is 20.5. The highest BCUT2D eigenvalue weighted by atomic mass is 35.5. The molecule has 7 heteroatoms. The van der Waals surface area contributed by atoms with Gasteiger partial charge in [0.05, 0.1) is 12.2 Å². The van der Waals surface area contributed by atoms with E-state index in [0.717, 1.165) is 5.56 Å². The minimum absolute atomic E-state index is 0.0546. The number of hydrogen-bond donors (Lipinski definition) is 3. The van der Waals surface area contributed by atoms with Crippen LogP contribution in [-0.2, 0) is 4.79 Å². The normalized spacial score (nSPS) is 22.8. The van der Waals surface area contributed by atoms with Crippen molar-refractivity contribution in [2.24, 2.45) is 11.8 Å². The topological polar surface area (TPSA) is 96.2 Å². The van der Waals surface area contributed by atoms with Crippen molar-refractivity contribution >= 4 is 17.6 Å². The molecule has 0 radical (unpaired) electrons. The van der Waals surface area contributed by atoms with Gasteiger partial charge in [-0.2, -0.15) is 0 Å². The first-order chi connectivity index (χ1) is 17.3. The molecule has 0 unspecified atom stereocenters. The molecule has 0 aromatic heterocycles. The quantitative estimate of drug-likeness (QED) is 0.159. The molecule has 5 atom stereocenters. The van der Waals surface area contributed by atoms with Crippen LogP contribution in [0.1, 0.15) is 37.7 Å². The number of benzene rings is 2. The second-order valence-corrected chi connectivity index (χ2v) is 9.61. The number of carbonyl (C=O) groups excluding carboxylic acids is 1. The van der Waals surface area contributed by atoms with Crippen molar-refractivity contribution in [1.29, 1.82) is 0 Å². The summed E-state index contributed by atoms with van der Waals surface area (Å²) in [7, 11) is 0. The molecule has 6 nitrogen and oxygen atoms in total. The summed E-state index contributed by atoms with van der Waals surface area (Å²) < 4.78 is 11.0. The Kier molecular flexibility index (Phi) is 11.0. The minimum Gasteiger partial charge on any atom is -0.491 e. The minimum atomic E-state index is -0.857. The van der Waals surface area contributed by atoms with E-state index in [1.807, 2.05) is 37.3 Å². The lowest BCUT2D eigenvalue weighted by molar-refractivity contribution is -0.134. The van der Waals surface area contributed by atoms with Gasteiger partial charge in [-0.3, -0.25) is 4.79 Å². The summed E-state index contributed by atoms with van der Waals surface area (Å²) >= 11 is 5.94. The first-order valence-electron chi connectivity index (χ1n) is 12.4. The van der Waals surface area contributed by atoms with Crippen molar-refractivity contribution in [2.45, 2.75) is 57.3 Å². The summed E-state index contributed by atoms with van der Waals surface area (Å²) in [6.07, 6.45) is 7.80. The van der Waals surface area contributed by atoms with E-state index in [4.69, 9.17) is 21.1 Å². The Hall–Kier alpha value is -2.64. The number of aliphatic hydroxyl groups excluding tert-OH is 3. The number of aryl methyl sites for hydroxylation is 1. The number of para-hydroxylation sites is 1. The van der Waals surface area contributed by atoms with E-state index in [9.17, 15) is 20.1 Å². The Labute approximate surface area is 217 Å². The number of esters is 1. The highest BCUT2D eigenvalue weighted by molar-refractivity contribution is 6.30. The second-order valence-electron chi connectivity index (χ2n) is 9.17. The summed E-state index contributed by atoms with van der Waals surface area (Å²) in [5, 5.41) is 31.7. The fraction of sp³-hybridized carbons (Fsp3) is 0.414. The van der Waals surface area contributed by atoms with Crippen molar-refractivity contribution in [3.05, 3.63) is 83.4 Å². The van der Waals surface area contributed by atoms with Crippen LogP contribution in [0.2, 0.25) is 5.02 Å². The van der Waals surface area contributed by atoms with Gasteiger partial charge < -0.3 is 24.8 Å². The first-order valence-corrected chi connectivity index (χ1v) is 12.7. The molecule has 1 aliphatic rings. The maximum absolute atomic E-state index is 12.0. The Morgan fingerprint density at radius 2 is 1.94 bits per heavy atom. The molecule has 0 spiro atoms. The predicted octanol–water partition coefficient (Wildman–Crippen LogP) is 5.02. The Morgan fingerprint density at radius 1 is 1.14 bits per heavy atom. The van der Waals surface area contributed by atoms with Crippen molar-refractivity contribution in [2.75, 3.05) is 6.61 Å². The number of halogens is 1. The fourth-order valence-corrected chi connectivity index (χ4v) is 4.52. The predicted molar refractivity (Wildman–Crippen MR) is 140 cm³/mol. The smallest absolute Gasteiger partial charge is 0.311 e. The fourth-order valence-electron chi connectivity index (χ4n) is 4.34.